The first-order valence-corrected chi connectivity index (χ1v) is 3.72. The van der Waals surface area contributed by atoms with Crippen molar-refractivity contribution in [2.75, 3.05) is 6.61 Å². The van der Waals surface area contributed by atoms with Crippen LogP contribution < -0.4 is 4.74 Å². The number of carbonyl (C=O) groups is 1. The second-order valence-corrected chi connectivity index (χ2v) is 2.41. The largest absolute Gasteiger partial charge is 0.478 e. The Morgan fingerprint density at radius 1 is 1.67 bits per heavy atom. The molecule has 4 nitrogen and oxygen atoms in total. The van der Waals surface area contributed by atoms with E-state index in [-0.39, 0.29) is 6.61 Å². The van der Waals surface area contributed by atoms with Gasteiger partial charge in [-0.05, 0) is 6.07 Å². The summed E-state index contributed by atoms with van der Waals surface area (Å²) in [6.45, 7) is -0.282. The smallest absolute Gasteiger partial charge is 0.340 e. The standard InChI is InChI=1S/C9H5F2NO3/c1-2-3-15-8-6(10)4-5(9(13)14)7(11)12-8/h1,4H,3H2,(H,13,14). The third-order valence-corrected chi connectivity index (χ3v) is 1.42. The zero-order valence-corrected chi connectivity index (χ0v) is 7.33. The highest BCUT2D eigenvalue weighted by molar-refractivity contribution is 5.87. The molecule has 0 aromatic carbocycles. The molecule has 0 spiro atoms. The highest BCUT2D eigenvalue weighted by atomic mass is 19.1. The number of terminal acetylenes is 1. The number of aromatic nitrogens is 1. The lowest BCUT2D eigenvalue weighted by atomic mass is 10.3. The number of hydrogen-bond acceptors (Lipinski definition) is 3. The van der Waals surface area contributed by atoms with Gasteiger partial charge in [0, 0.05) is 0 Å². The lowest BCUT2D eigenvalue weighted by Crippen LogP contribution is -2.07. The molecule has 0 unspecified atom stereocenters. The maximum atomic E-state index is 13.0. The van der Waals surface area contributed by atoms with Crippen LogP contribution in [0.25, 0.3) is 0 Å². The van der Waals surface area contributed by atoms with Crippen molar-refractivity contribution in [2.45, 2.75) is 0 Å². The molecule has 0 saturated carbocycles. The minimum absolute atomic E-state index is 0.282. The minimum Gasteiger partial charge on any atom is -0.478 e. The maximum Gasteiger partial charge on any atom is 0.340 e. The lowest BCUT2D eigenvalue weighted by Gasteiger charge is -2.03. The van der Waals surface area contributed by atoms with Gasteiger partial charge in [-0.1, -0.05) is 5.92 Å². The third kappa shape index (κ3) is 2.40. The summed E-state index contributed by atoms with van der Waals surface area (Å²) in [5.74, 6) is -2.64. The van der Waals surface area contributed by atoms with Crippen molar-refractivity contribution in [1.29, 1.82) is 0 Å². The van der Waals surface area contributed by atoms with E-state index in [0.717, 1.165) is 0 Å². The maximum absolute atomic E-state index is 13.0. The Kier molecular flexibility index (Phi) is 3.18. The molecule has 1 N–H and O–H groups in total. The number of nitrogens with zero attached hydrogens (tertiary/aromatic N) is 1. The fourth-order valence-corrected chi connectivity index (χ4v) is 0.812. The summed E-state index contributed by atoms with van der Waals surface area (Å²) < 4.78 is 30.5. The molecular formula is C9H5F2NO3. The molecule has 0 bridgehead atoms. The van der Waals surface area contributed by atoms with Crippen LogP contribution in [0.3, 0.4) is 0 Å². The Morgan fingerprint density at radius 3 is 2.87 bits per heavy atom. The lowest BCUT2D eigenvalue weighted by molar-refractivity contribution is 0.0689. The Balaban J connectivity index is 3.09. The quantitative estimate of drug-likeness (QED) is 0.602. The third-order valence-electron chi connectivity index (χ3n) is 1.42. The van der Waals surface area contributed by atoms with Gasteiger partial charge in [-0.2, -0.15) is 9.37 Å². The van der Waals surface area contributed by atoms with E-state index in [0.29, 0.717) is 6.07 Å². The van der Waals surface area contributed by atoms with Crippen molar-refractivity contribution in [3.05, 3.63) is 23.4 Å². The monoisotopic (exact) mass is 213 g/mol. The fourth-order valence-electron chi connectivity index (χ4n) is 0.812. The highest BCUT2D eigenvalue weighted by Crippen LogP contribution is 2.17. The van der Waals surface area contributed by atoms with Gasteiger partial charge in [-0.3, -0.25) is 0 Å². The fraction of sp³-hybridized carbons (Fsp3) is 0.111. The molecule has 0 aliphatic heterocycles. The van der Waals surface area contributed by atoms with E-state index < -0.39 is 29.2 Å². The number of carboxylic acid groups (broad SMARTS) is 1. The predicted octanol–water partition coefficient (Wildman–Crippen LogP) is 1.07. The topological polar surface area (TPSA) is 59.4 Å². The molecule has 15 heavy (non-hydrogen) atoms. The molecule has 0 fully saturated rings. The van der Waals surface area contributed by atoms with Crippen molar-refractivity contribution >= 4 is 5.97 Å². The number of aromatic carboxylic acids is 1. The van der Waals surface area contributed by atoms with Gasteiger partial charge in [0.05, 0.1) is 0 Å². The number of ether oxygens (including phenoxy) is 1. The molecule has 1 heterocycles. The Bertz CT molecular complexity index is 440. The van der Waals surface area contributed by atoms with E-state index in [1.165, 1.54) is 0 Å². The van der Waals surface area contributed by atoms with Crippen molar-refractivity contribution in [1.82, 2.24) is 4.98 Å². The SMILES string of the molecule is C#CCOc1nc(F)c(C(=O)O)cc1F. The molecule has 1 aromatic heterocycles. The van der Waals surface area contributed by atoms with Crippen LogP contribution in [0.5, 0.6) is 5.88 Å². The second-order valence-electron chi connectivity index (χ2n) is 2.41. The Morgan fingerprint density at radius 2 is 2.33 bits per heavy atom. The zero-order valence-electron chi connectivity index (χ0n) is 7.33. The molecule has 6 heteroatoms. The molecule has 1 aromatic rings. The average molecular weight is 213 g/mol. The van der Waals surface area contributed by atoms with Crippen LogP contribution in [-0.2, 0) is 0 Å². The molecule has 0 radical (unpaired) electrons. The molecular weight excluding hydrogens is 208 g/mol. The predicted molar refractivity (Wildman–Crippen MR) is 45.4 cm³/mol. The van der Waals surface area contributed by atoms with E-state index in [2.05, 4.69) is 9.72 Å². The number of carboxylic acids is 1. The Hall–Kier alpha value is -2.16. The van der Waals surface area contributed by atoms with Gasteiger partial charge in [-0.25, -0.2) is 9.18 Å². The summed E-state index contributed by atoms with van der Waals surface area (Å²) in [4.78, 5) is 13.4. The molecule has 0 aliphatic carbocycles. The van der Waals surface area contributed by atoms with Gasteiger partial charge >= 0.3 is 5.97 Å². The Labute approximate surface area is 83.5 Å². The average Bonchev–Trinajstić information content (AvgIpc) is 2.18. The van der Waals surface area contributed by atoms with Crippen LogP contribution in [0.4, 0.5) is 8.78 Å². The summed E-state index contributed by atoms with van der Waals surface area (Å²) in [5, 5.41) is 8.44. The van der Waals surface area contributed by atoms with Crippen LogP contribution in [0.15, 0.2) is 6.07 Å². The highest BCUT2D eigenvalue weighted by Gasteiger charge is 2.17. The van der Waals surface area contributed by atoms with Crippen molar-refractivity contribution in [3.8, 4) is 18.2 Å². The van der Waals surface area contributed by atoms with Crippen LogP contribution >= 0.6 is 0 Å². The summed E-state index contributed by atoms with van der Waals surface area (Å²) in [6.07, 6.45) is 4.83. The van der Waals surface area contributed by atoms with E-state index in [9.17, 15) is 13.6 Å². The number of hydrogen-bond donors (Lipinski definition) is 1. The van der Waals surface area contributed by atoms with Gasteiger partial charge in [-0.15, -0.1) is 6.42 Å². The summed E-state index contributed by atoms with van der Waals surface area (Å²) >= 11 is 0. The van der Waals surface area contributed by atoms with Crippen molar-refractivity contribution < 1.29 is 23.4 Å². The number of pyridine rings is 1. The molecule has 1 rings (SSSR count). The van der Waals surface area contributed by atoms with Crippen molar-refractivity contribution in [2.24, 2.45) is 0 Å². The molecule has 0 atom stereocenters. The second kappa shape index (κ2) is 4.37. The summed E-state index contributed by atoms with van der Waals surface area (Å²) in [5.41, 5.74) is -0.861. The zero-order chi connectivity index (χ0) is 11.4. The summed E-state index contributed by atoms with van der Waals surface area (Å²) in [6, 6.07) is 0.483. The number of rotatable bonds is 3. The van der Waals surface area contributed by atoms with E-state index in [1.54, 1.807) is 0 Å². The van der Waals surface area contributed by atoms with Crippen LogP contribution in [0.2, 0.25) is 0 Å². The molecule has 0 aliphatic rings. The van der Waals surface area contributed by atoms with E-state index in [1.807, 2.05) is 5.92 Å². The van der Waals surface area contributed by atoms with E-state index in [4.69, 9.17) is 11.5 Å². The number of halogens is 2. The van der Waals surface area contributed by atoms with Gasteiger partial charge in [0.15, 0.2) is 12.4 Å². The van der Waals surface area contributed by atoms with Gasteiger partial charge in [0.2, 0.25) is 5.95 Å². The van der Waals surface area contributed by atoms with Crippen LogP contribution in [-0.4, -0.2) is 22.7 Å². The van der Waals surface area contributed by atoms with Crippen molar-refractivity contribution in [3.63, 3.8) is 0 Å². The first-order valence-electron chi connectivity index (χ1n) is 3.72. The van der Waals surface area contributed by atoms with Crippen LogP contribution in [0.1, 0.15) is 10.4 Å². The minimum atomic E-state index is -1.61. The summed E-state index contributed by atoms with van der Waals surface area (Å²) in [7, 11) is 0. The van der Waals surface area contributed by atoms with E-state index >= 15 is 0 Å². The molecule has 78 valence electrons. The molecule has 0 amide bonds. The first-order chi connectivity index (χ1) is 7.06. The van der Waals surface area contributed by atoms with Gasteiger partial charge in [0.1, 0.15) is 5.56 Å². The first kappa shape index (κ1) is 10.9. The van der Waals surface area contributed by atoms with Crippen LogP contribution in [0, 0.1) is 24.1 Å². The van der Waals surface area contributed by atoms with Gasteiger partial charge < -0.3 is 9.84 Å². The molecule has 0 saturated heterocycles. The normalized spacial score (nSPS) is 9.40. The van der Waals surface area contributed by atoms with Gasteiger partial charge in [0.25, 0.3) is 5.88 Å².